The van der Waals surface area contributed by atoms with E-state index in [1.165, 1.54) is 12.8 Å². The fraction of sp³-hybridized carbons (Fsp3) is 0.529. The van der Waals surface area contributed by atoms with Gasteiger partial charge in [0.25, 0.3) is 0 Å². The molecule has 1 aliphatic carbocycles. The Morgan fingerprint density at radius 3 is 2.77 bits per heavy atom. The molecule has 0 aromatic heterocycles. The second-order valence-corrected chi connectivity index (χ2v) is 6.77. The molecule has 118 valence electrons. The van der Waals surface area contributed by atoms with Gasteiger partial charge in [0.1, 0.15) is 0 Å². The van der Waals surface area contributed by atoms with Crippen molar-refractivity contribution in [2.75, 3.05) is 5.32 Å². The van der Waals surface area contributed by atoms with Gasteiger partial charge >= 0.3 is 6.03 Å². The number of carbonyl (C=O) groups is 2. The van der Waals surface area contributed by atoms with Crippen molar-refractivity contribution in [2.45, 2.75) is 57.5 Å². The molecule has 1 aromatic rings. The van der Waals surface area contributed by atoms with Gasteiger partial charge in [-0.2, -0.15) is 0 Å². The lowest BCUT2D eigenvalue weighted by atomic mass is 9.85. The van der Waals surface area contributed by atoms with E-state index < -0.39 is 5.41 Å². The zero-order valence-corrected chi connectivity index (χ0v) is 13.2. The van der Waals surface area contributed by atoms with E-state index in [-0.39, 0.29) is 11.9 Å². The molecule has 0 spiro atoms. The highest BCUT2D eigenvalue weighted by molar-refractivity contribution is 6.05. The molecular formula is C17H23N3O2. The molecule has 3 N–H and O–H groups in total. The van der Waals surface area contributed by atoms with Crippen LogP contribution in [0.3, 0.4) is 0 Å². The van der Waals surface area contributed by atoms with Crippen molar-refractivity contribution < 1.29 is 9.59 Å². The summed E-state index contributed by atoms with van der Waals surface area (Å²) >= 11 is 0. The van der Waals surface area contributed by atoms with E-state index in [9.17, 15) is 9.59 Å². The van der Waals surface area contributed by atoms with E-state index in [1.807, 2.05) is 32.0 Å². The van der Waals surface area contributed by atoms with Crippen molar-refractivity contribution in [3.8, 4) is 0 Å². The zero-order chi connectivity index (χ0) is 15.7. The topological polar surface area (TPSA) is 70.2 Å². The van der Waals surface area contributed by atoms with Crippen molar-refractivity contribution in [3.05, 3.63) is 29.3 Å². The number of rotatable bonds is 3. The lowest BCUT2D eigenvalue weighted by molar-refractivity contribution is -0.119. The molecule has 1 saturated carbocycles. The highest BCUT2D eigenvalue weighted by atomic mass is 16.2. The van der Waals surface area contributed by atoms with Crippen molar-refractivity contribution in [1.82, 2.24) is 10.6 Å². The van der Waals surface area contributed by atoms with Gasteiger partial charge in [0.05, 0.1) is 5.41 Å². The number of benzene rings is 1. The van der Waals surface area contributed by atoms with Gasteiger partial charge in [-0.1, -0.05) is 25.0 Å². The summed E-state index contributed by atoms with van der Waals surface area (Å²) in [5.74, 6) is 0.0200. The summed E-state index contributed by atoms with van der Waals surface area (Å²) in [6.07, 6.45) is 4.56. The molecule has 1 fully saturated rings. The maximum Gasteiger partial charge on any atom is 0.315 e. The minimum absolute atomic E-state index is 0.0200. The molecule has 0 atom stereocenters. The molecule has 2 aliphatic rings. The second kappa shape index (κ2) is 5.63. The average molecular weight is 301 g/mol. The summed E-state index contributed by atoms with van der Waals surface area (Å²) in [5, 5.41) is 8.80. The Morgan fingerprint density at radius 2 is 2.05 bits per heavy atom. The van der Waals surface area contributed by atoms with Crippen molar-refractivity contribution in [2.24, 2.45) is 0 Å². The predicted molar refractivity (Wildman–Crippen MR) is 85.7 cm³/mol. The summed E-state index contributed by atoms with van der Waals surface area (Å²) in [5.41, 5.74) is 2.35. The Bertz CT molecular complexity index is 604. The predicted octanol–water partition coefficient (Wildman–Crippen LogP) is 2.66. The largest absolute Gasteiger partial charge is 0.335 e. The lowest BCUT2D eigenvalue weighted by Crippen LogP contribution is -2.40. The molecule has 0 saturated heterocycles. The molecule has 0 unspecified atom stereocenters. The maximum absolute atomic E-state index is 11.9. The first kappa shape index (κ1) is 14.9. The van der Waals surface area contributed by atoms with E-state index >= 15 is 0 Å². The van der Waals surface area contributed by atoms with Gasteiger partial charge in [0, 0.05) is 18.3 Å². The number of fused-ring (bicyclic) bond motifs is 1. The average Bonchev–Trinajstić information content (AvgIpc) is 3.05. The Balaban J connectivity index is 1.61. The normalized spacial score (nSPS) is 19.6. The minimum Gasteiger partial charge on any atom is -0.335 e. The highest BCUT2D eigenvalue weighted by Crippen LogP contribution is 2.37. The van der Waals surface area contributed by atoms with E-state index in [0.29, 0.717) is 12.6 Å². The molecule has 1 aromatic carbocycles. The number of carbonyl (C=O) groups excluding carboxylic acids is 2. The van der Waals surface area contributed by atoms with Gasteiger partial charge < -0.3 is 16.0 Å². The Kier molecular flexibility index (Phi) is 3.81. The van der Waals surface area contributed by atoms with Crippen molar-refractivity contribution in [3.63, 3.8) is 0 Å². The van der Waals surface area contributed by atoms with Crippen LogP contribution >= 0.6 is 0 Å². The van der Waals surface area contributed by atoms with Crippen LogP contribution in [0.1, 0.15) is 50.7 Å². The highest BCUT2D eigenvalue weighted by Gasteiger charge is 2.38. The maximum atomic E-state index is 11.9. The molecule has 5 heteroatoms. The standard InChI is InChI=1S/C17H23N3O2/c1-17(2)13-9-11(7-8-14(13)20-15(17)21)10-18-16(22)19-12-5-3-4-6-12/h7-9,12H,3-6,10H2,1-2H3,(H,20,21)(H2,18,19,22). The number of nitrogens with one attached hydrogen (secondary N) is 3. The van der Waals surface area contributed by atoms with E-state index in [0.717, 1.165) is 29.7 Å². The van der Waals surface area contributed by atoms with Gasteiger partial charge in [0.2, 0.25) is 5.91 Å². The first-order valence-corrected chi connectivity index (χ1v) is 7.96. The molecule has 0 radical (unpaired) electrons. The Morgan fingerprint density at radius 1 is 1.32 bits per heavy atom. The quantitative estimate of drug-likeness (QED) is 0.803. The molecule has 22 heavy (non-hydrogen) atoms. The monoisotopic (exact) mass is 301 g/mol. The van der Waals surface area contributed by atoms with Crippen LogP contribution in [0.15, 0.2) is 18.2 Å². The summed E-state index contributed by atoms with van der Waals surface area (Å²) in [6.45, 7) is 4.30. The van der Waals surface area contributed by atoms with Crippen LogP contribution in [-0.4, -0.2) is 18.0 Å². The first-order chi connectivity index (χ1) is 10.5. The number of urea groups is 1. The van der Waals surface area contributed by atoms with Crippen LogP contribution in [-0.2, 0) is 16.8 Å². The third kappa shape index (κ3) is 2.80. The molecule has 3 amide bonds. The summed E-state index contributed by atoms with van der Waals surface area (Å²) in [6, 6.07) is 6.06. The fourth-order valence-corrected chi connectivity index (χ4v) is 3.22. The van der Waals surface area contributed by atoms with Gasteiger partial charge in [-0.05, 0) is 43.9 Å². The van der Waals surface area contributed by atoms with Crippen LogP contribution in [0, 0.1) is 0 Å². The van der Waals surface area contributed by atoms with Crippen LogP contribution in [0.5, 0.6) is 0 Å². The van der Waals surface area contributed by atoms with Gasteiger partial charge in [-0.3, -0.25) is 4.79 Å². The van der Waals surface area contributed by atoms with E-state index in [1.54, 1.807) is 0 Å². The SMILES string of the molecule is CC1(C)C(=O)Nc2ccc(CNC(=O)NC3CCCC3)cc21. The van der Waals surface area contributed by atoms with Crippen LogP contribution in [0.25, 0.3) is 0 Å². The summed E-state index contributed by atoms with van der Waals surface area (Å²) in [4.78, 5) is 23.8. The number of hydrogen-bond donors (Lipinski definition) is 3. The molecule has 1 aliphatic heterocycles. The van der Waals surface area contributed by atoms with Crippen molar-refractivity contribution >= 4 is 17.6 Å². The summed E-state index contributed by atoms with van der Waals surface area (Å²) < 4.78 is 0. The molecule has 5 nitrogen and oxygen atoms in total. The third-order valence-corrected chi connectivity index (χ3v) is 4.72. The lowest BCUT2D eigenvalue weighted by Gasteiger charge is -2.16. The summed E-state index contributed by atoms with van der Waals surface area (Å²) in [7, 11) is 0. The van der Waals surface area contributed by atoms with E-state index in [2.05, 4.69) is 16.0 Å². The zero-order valence-electron chi connectivity index (χ0n) is 13.2. The number of anilines is 1. The Labute approximate surface area is 130 Å². The molecule has 1 heterocycles. The van der Waals surface area contributed by atoms with Gasteiger partial charge in [0.15, 0.2) is 0 Å². The van der Waals surface area contributed by atoms with Gasteiger partial charge in [-0.15, -0.1) is 0 Å². The van der Waals surface area contributed by atoms with Crippen LogP contribution < -0.4 is 16.0 Å². The third-order valence-electron chi connectivity index (χ3n) is 4.72. The van der Waals surface area contributed by atoms with Crippen LogP contribution in [0.2, 0.25) is 0 Å². The molecular weight excluding hydrogens is 278 g/mol. The Hall–Kier alpha value is -2.04. The van der Waals surface area contributed by atoms with Crippen molar-refractivity contribution in [1.29, 1.82) is 0 Å². The smallest absolute Gasteiger partial charge is 0.315 e. The minimum atomic E-state index is -0.516. The fourth-order valence-electron chi connectivity index (χ4n) is 3.22. The molecule has 3 rings (SSSR count). The van der Waals surface area contributed by atoms with Crippen LogP contribution in [0.4, 0.5) is 10.5 Å². The number of hydrogen-bond acceptors (Lipinski definition) is 2. The number of amides is 3. The molecule has 0 bridgehead atoms. The first-order valence-electron chi connectivity index (χ1n) is 7.96. The van der Waals surface area contributed by atoms with Gasteiger partial charge in [-0.25, -0.2) is 4.79 Å². The van der Waals surface area contributed by atoms with E-state index in [4.69, 9.17) is 0 Å². The second-order valence-electron chi connectivity index (χ2n) is 6.77.